The zero-order valence-corrected chi connectivity index (χ0v) is 20.0. The number of carboxylic acids is 1. The first-order valence-electron chi connectivity index (χ1n) is 11.6. The minimum Gasteiger partial charge on any atom is -0.481 e. The van der Waals surface area contributed by atoms with E-state index < -0.39 is 24.0 Å². The lowest BCUT2D eigenvalue weighted by Crippen LogP contribution is -2.49. The molecule has 3 N–H and O–H groups in total. The Labute approximate surface area is 203 Å². The smallest absolute Gasteiger partial charge is 0.407 e. The Bertz CT molecular complexity index is 1010. The van der Waals surface area contributed by atoms with E-state index in [4.69, 9.17) is 4.74 Å². The highest BCUT2D eigenvalue weighted by atomic mass is 32.2. The summed E-state index contributed by atoms with van der Waals surface area (Å²) in [5.41, 5.74) is 4.56. The Morgan fingerprint density at radius 1 is 1.06 bits per heavy atom. The molecule has 0 aromatic heterocycles. The van der Waals surface area contributed by atoms with Gasteiger partial charge < -0.3 is 20.5 Å². The molecule has 3 atom stereocenters. The number of hydrogen-bond acceptors (Lipinski definition) is 5. The van der Waals surface area contributed by atoms with Crippen LogP contribution in [0.25, 0.3) is 11.1 Å². The summed E-state index contributed by atoms with van der Waals surface area (Å²) in [7, 11) is 0. The number of nitrogens with one attached hydrogen (secondary N) is 2. The number of fused-ring (bicyclic) bond motifs is 3. The van der Waals surface area contributed by atoms with Gasteiger partial charge in [0.2, 0.25) is 5.91 Å². The van der Waals surface area contributed by atoms with E-state index in [0.29, 0.717) is 31.4 Å². The number of carbonyl (C=O) groups excluding carboxylic acids is 2. The van der Waals surface area contributed by atoms with E-state index in [-0.39, 0.29) is 24.5 Å². The van der Waals surface area contributed by atoms with Crippen LogP contribution in [-0.2, 0) is 14.3 Å². The van der Waals surface area contributed by atoms with Gasteiger partial charge in [0.05, 0.1) is 5.92 Å². The Balaban J connectivity index is 1.36. The minimum absolute atomic E-state index is 0.0527. The van der Waals surface area contributed by atoms with Gasteiger partial charge in [0.25, 0.3) is 0 Å². The molecule has 0 bridgehead atoms. The average Bonchev–Trinajstić information content (AvgIpc) is 3.43. The van der Waals surface area contributed by atoms with Crippen molar-refractivity contribution in [3.05, 3.63) is 59.7 Å². The second-order valence-corrected chi connectivity index (χ2v) is 9.84. The van der Waals surface area contributed by atoms with Crippen molar-refractivity contribution in [2.75, 3.05) is 18.6 Å². The van der Waals surface area contributed by atoms with Crippen molar-refractivity contribution in [3.8, 4) is 11.1 Å². The molecule has 4 rings (SSSR count). The molecule has 2 aromatic carbocycles. The molecule has 0 spiro atoms. The second kappa shape index (κ2) is 11.0. The van der Waals surface area contributed by atoms with E-state index >= 15 is 0 Å². The molecule has 2 aromatic rings. The van der Waals surface area contributed by atoms with Crippen molar-refractivity contribution in [2.45, 2.75) is 43.7 Å². The number of carbonyl (C=O) groups is 3. The number of ether oxygens (including phenoxy) is 1. The van der Waals surface area contributed by atoms with Gasteiger partial charge in [0, 0.05) is 12.0 Å². The van der Waals surface area contributed by atoms with Crippen LogP contribution in [0.4, 0.5) is 4.79 Å². The van der Waals surface area contributed by atoms with Gasteiger partial charge in [0.15, 0.2) is 0 Å². The van der Waals surface area contributed by atoms with E-state index in [9.17, 15) is 19.5 Å². The summed E-state index contributed by atoms with van der Waals surface area (Å²) in [4.78, 5) is 36.7. The monoisotopic (exact) mass is 482 g/mol. The lowest BCUT2D eigenvalue weighted by molar-refractivity contribution is -0.141. The van der Waals surface area contributed by atoms with Crippen LogP contribution < -0.4 is 10.6 Å². The Kier molecular flexibility index (Phi) is 7.77. The molecule has 8 heteroatoms. The first-order chi connectivity index (χ1) is 16.5. The van der Waals surface area contributed by atoms with Crippen molar-refractivity contribution >= 4 is 29.7 Å². The first kappa shape index (κ1) is 24.1. The van der Waals surface area contributed by atoms with Gasteiger partial charge >= 0.3 is 12.1 Å². The third-order valence-corrected chi connectivity index (χ3v) is 7.34. The molecule has 180 valence electrons. The summed E-state index contributed by atoms with van der Waals surface area (Å²) < 4.78 is 5.60. The minimum atomic E-state index is -0.826. The topological polar surface area (TPSA) is 105 Å². The van der Waals surface area contributed by atoms with Crippen LogP contribution in [-0.4, -0.2) is 53.8 Å². The summed E-state index contributed by atoms with van der Waals surface area (Å²) in [6, 6.07) is 15.3. The van der Waals surface area contributed by atoms with Crippen molar-refractivity contribution in [2.24, 2.45) is 5.92 Å². The molecule has 7 nitrogen and oxygen atoms in total. The summed E-state index contributed by atoms with van der Waals surface area (Å²) in [6.07, 6.45) is 3.38. The predicted molar refractivity (Wildman–Crippen MR) is 132 cm³/mol. The summed E-state index contributed by atoms with van der Waals surface area (Å²) >= 11 is 1.59. The van der Waals surface area contributed by atoms with Gasteiger partial charge in [-0.15, -0.1) is 0 Å². The zero-order chi connectivity index (χ0) is 24.1. The van der Waals surface area contributed by atoms with Crippen LogP contribution in [0.15, 0.2) is 48.5 Å². The molecular weight excluding hydrogens is 452 g/mol. The van der Waals surface area contributed by atoms with Crippen LogP contribution in [0.1, 0.15) is 42.7 Å². The van der Waals surface area contributed by atoms with Crippen LogP contribution in [0.5, 0.6) is 0 Å². The third-order valence-electron chi connectivity index (χ3n) is 6.69. The molecule has 1 unspecified atom stereocenters. The lowest BCUT2D eigenvalue weighted by atomic mass is 9.98. The summed E-state index contributed by atoms with van der Waals surface area (Å²) in [6.45, 7) is 0.180. The fraction of sp³-hybridized carbons (Fsp3) is 0.423. The molecule has 0 radical (unpaired) electrons. The number of rotatable bonds is 9. The predicted octanol–water partition coefficient (Wildman–Crippen LogP) is 4.02. The van der Waals surface area contributed by atoms with E-state index in [1.165, 1.54) is 0 Å². The van der Waals surface area contributed by atoms with E-state index in [1.54, 1.807) is 11.8 Å². The fourth-order valence-electron chi connectivity index (χ4n) is 4.93. The number of hydrogen-bond donors (Lipinski definition) is 3. The summed E-state index contributed by atoms with van der Waals surface area (Å²) in [5.74, 6) is -0.899. The average molecular weight is 483 g/mol. The van der Waals surface area contributed by atoms with Gasteiger partial charge in [-0.3, -0.25) is 9.59 Å². The molecular formula is C26H30N2O5S. The maximum atomic E-state index is 12.9. The third kappa shape index (κ3) is 5.38. The van der Waals surface area contributed by atoms with Gasteiger partial charge in [-0.05, 0) is 59.9 Å². The number of thioether (sulfide) groups is 1. The van der Waals surface area contributed by atoms with Crippen LogP contribution in [0, 0.1) is 5.92 Å². The van der Waals surface area contributed by atoms with E-state index in [0.717, 1.165) is 22.3 Å². The van der Waals surface area contributed by atoms with Crippen LogP contribution >= 0.6 is 11.8 Å². The van der Waals surface area contributed by atoms with Gasteiger partial charge in [-0.25, -0.2) is 4.79 Å². The number of amides is 2. The molecule has 2 aliphatic rings. The molecule has 0 aliphatic heterocycles. The largest absolute Gasteiger partial charge is 0.481 e. The summed E-state index contributed by atoms with van der Waals surface area (Å²) in [5, 5.41) is 14.8. The Hall–Kier alpha value is -3.00. The fourth-order valence-corrected chi connectivity index (χ4v) is 5.40. The highest BCUT2D eigenvalue weighted by Gasteiger charge is 2.33. The maximum absolute atomic E-state index is 12.9. The van der Waals surface area contributed by atoms with Crippen LogP contribution in [0.3, 0.4) is 0 Å². The second-order valence-electron chi connectivity index (χ2n) is 8.86. The highest BCUT2D eigenvalue weighted by Crippen LogP contribution is 2.44. The van der Waals surface area contributed by atoms with E-state index in [2.05, 4.69) is 34.9 Å². The van der Waals surface area contributed by atoms with Crippen molar-refractivity contribution in [3.63, 3.8) is 0 Å². The number of benzene rings is 2. The maximum Gasteiger partial charge on any atom is 0.407 e. The number of aliphatic carboxylic acids is 1. The van der Waals surface area contributed by atoms with Crippen molar-refractivity contribution < 1.29 is 24.2 Å². The number of carboxylic acid groups (broad SMARTS) is 1. The van der Waals surface area contributed by atoms with Gasteiger partial charge in [0.1, 0.15) is 12.6 Å². The van der Waals surface area contributed by atoms with Crippen LogP contribution in [0.2, 0.25) is 0 Å². The zero-order valence-electron chi connectivity index (χ0n) is 19.2. The van der Waals surface area contributed by atoms with E-state index in [1.807, 2.05) is 30.5 Å². The SMILES string of the molecule is CSCCC(NC(=O)OCC1c2ccccc2-c2ccccc21)C(=O)N[C@@H]1CC[C@H](C(=O)O)C1. The van der Waals surface area contributed by atoms with Gasteiger partial charge in [-0.2, -0.15) is 11.8 Å². The molecule has 0 saturated heterocycles. The quantitative estimate of drug-likeness (QED) is 0.499. The van der Waals surface area contributed by atoms with Crippen molar-refractivity contribution in [1.82, 2.24) is 10.6 Å². The van der Waals surface area contributed by atoms with Crippen molar-refractivity contribution in [1.29, 1.82) is 0 Å². The normalized spacial score (nSPS) is 19.7. The standard InChI is InChI=1S/C26H30N2O5S/c1-34-13-12-23(24(29)27-17-11-10-16(14-17)25(30)31)28-26(32)33-15-22-20-8-4-2-6-18(20)19-7-3-5-9-21(19)22/h2-9,16-17,22-23H,10-15H2,1H3,(H,27,29)(H,28,32)(H,30,31)/t16-,17+,23?/m0/s1. The van der Waals surface area contributed by atoms with Gasteiger partial charge in [-0.1, -0.05) is 48.5 Å². The number of alkyl carbamates (subject to hydrolysis) is 1. The molecule has 2 aliphatic carbocycles. The highest BCUT2D eigenvalue weighted by molar-refractivity contribution is 7.98. The first-order valence-corrected chi connectivity index (χ1v) is 13.0. The Morgan fingerprint density at radius 3 is 2.29 bits per heavy atom. The molecule has 2 amide bonds. The molecule has 1 saturated carbocycles. The molecule has 34 heavy (non-hydrogen) atoms. The molecule has 1 fully saturated rings. The Morgan fingerprint density at radius 2 is 1.71 bits per heavy atom. The molecule has 0 heterocycles. The lowest BCUT2D eigenvalue weighted by Gasteiger charge is -2.21.